The number of H-pyrrole nitrogens is 1. The van der Waals surface area contributed by atoms with Gasteiger partial charge in [-0.25, -0.2) is 0 Å². The number of aliphatic imine (C=N–C) groups is 1. The summed E-state index contributed by atoms with van der Waals surface area (Å²) in [4.78, 5) is 5.06. The second-order valence-corrected chi connectivity index (χ2v) is 9.32. The maximum absolute atomic E-state index is 5.39. The van der Waals surface area contributed by atoms with Gasteiger partial charge in [0.1, 0.15) is 23.0 Å². The smallest absolute Gasteiger partial charge is 0.149 e. The molecule has 2 heterocycles. The van der Waals surface area contributed by atoms with Crippen molar-refractivity contribution in [2.24, 2.45) is 10.9 Å². The molecule has 2 unspecified atom stereocenters. The number of aromatic nitrogens is 2. The van der Waals surface area contributed by atoms with E-state index in [-0.39, 0.29) is 0 Å². The molecule has 1 aliphatic heterocycles. The minimum absolute atomic E-state index is 0.376. The van der Waals surface area contributed by atoms with Crippen molar-refractivity contribution >= 4 is 5.84 Å². The fraction of sp³-hybridized carbons (Fsp3) is 0.615. The van der Waals surface area contributed by atoms with Crippen LogP contribution < -0.4 is 14.8 Å². The molecule has 4 rings (SSSR count). The predicted molar refractivity (Wildman–Crippen MR) is 129 cm³/mol. The molecule has 1 fully saturated rings. The first kappa shape index (κ1) is 22.7. The van der Waals surface area contributed by atoms with Gasteiger partial charge in [0.15, 0.2) is 0 Å². The van der Waals surface area contributed by atoms with E-state index in [2.05, 4.69) is 40.6 Å². The molecule has 6 nitrogen and oxygen atoms in total. The molecule has 0 bridgehead atoms. The number of hydrogen-bond donors (Lipinski definition) is 2. The van der Waals surface area contributed by atoms with Crippen molar-refractivity contribution in [2.45, 2.75) is 83.2 Å². The Kier molecular flexibility index (Phi) is 7.72. The minimum Gasteiger partial charge on any atom is -0.497 e. The first-order chi connectivity index (χ1) is 15.7. The molecular weight excluding hydrogens is 400 g/mol. The van der Waals surface area contributed by atoms with E-state index in [1.807, 2.05) is 6.07 Å². The van der Waals surface area contributed by atoms with Crippen molar-refractivity contribution in [3.05, 3.63) is 41.2 Å². The van der Waals surface area contributed by atoms with Gasteiger partial charge >= 0.3 is 0 Å². The van der Waals surface area contributed by atoms with Crippen LogP contribution in [0.4, 0.5) is 0 Å². The van der Waals surface area contributed by atoms with E-state index < -0.39 is 0 Å². The van der Waals surface area contributed by atoms with Crippen molar-refractivity contribution in [3.8, 4) is 11.5 Å². The van der Waals surface area contributed by atoms with Gasteiger partial charge in [-0.05, 0) is 55.4 Å². The molecule has 0 radical (unpaired) electrons. The first-order valence-electron chi connectivity index (χ1n) is 12.3. The number of nitrogens with one attached hydrogen (secondary N) is 2. The van der Waals surface area contributed by atoms with Gasteiger partial charge in [-0.2, -0.15) is 5.10 Å². The van der Waals surface area contributed by atoms with Gasteiger partial charge < -0.3 is 14.8 Å². The summed E-state index contributed by atoms with van der Waals surface area (Å²) >= 11 is 0. The summed E-state index contributed by atoms with van der Waals surface area (Å²) in [5, 5.41) is 11.5. The molecule has 32 heavy (non-hydrogen) atoms. The van der Waals surface area contributed by atoms with E-state index >= 15 is 0 Å². The molecule has 2 atom stereocenters. The van der Waals surface area contributed by atoms with Crippen LogP contribution in [-0.4, -0.2) is 42.3 Å². The Morgan fingerprint density at radius 3 is 2.41 bits per heavy atom. The zero-order valence-corrected chi connectivity index (χ0v) is 19.8. The van der Waals surface area contributed by atoms with Gasteiger partial charge in [-0.15, -0.1) is 0 Å². The first-order valence-corrected chi connectivity index (χ1v) is 12.3. The summed E-state index contributed by atoms with van der Waals surface area (Å²) in [6, 6.07) is 9.01. The molecule has 1 aromatic carbocycles. The van der Waals surface area contributed by atoms with Gasteiger partial charge in [0, 0.05) is 11.8 Å². The zero-order chi connectivity index (χ0) is 22.3. The molecule has 0 spiro atoms. The second-order valence-electron chi connectivity index (χ2n) is 9.32. The number of methoxy groups -OCH3 is 2. The van der Waals surface area contributed by atoms with E-state index in [0.29, 0.717) is 12.1 Å². The van der Waals surface area contributed by atoms with Crippen molar-refractivity contribution in [2.75, 3.05) is 14.2 Å². The highest BCUT2D eigenvalue weighted by atomic mass is 16.5. The summed E-state index contributed by atoms with van der Waals surface area (Å²) in [6.45, 7) is 2.26. The Hall–Kier alpha value is -2.50. The van der Waals surface area contributed by atoms with Gasteiger partial charge in [0.2, 0.25) is 0 Å². The Bertz CT molecular complexity index is 879. The number of nitrogens with zero attached hydrogens (tertiary/aromatic N) is 2. The van der Waals surface area contributed by atoms with Gasteiger partial charge in [-0.3, -0.25) is 10.1 Å². The molecule has 1 saturated carbocycles. The monoisotopic (exact) mass is 438 g/mol. The molecule has 2 N–H and O–H groups in total. The van der Waals surface area contributed by atoms with E-state index in [1.165, 1.54) is 50.5 Å². The standard InChI is InChI=1S/C26H38N4O2/c1-4-8-23-24(15-18-9-6-5-7-10-18)28-26(27-23)25-16-20(29-30-25)12-11-19-13-21(31-2)17-22(14-19)32-3/h13-14,16-18,23-24H,4-12,15H2,1-3H3,(H,27,28)(H,29,30). The number of aryl methyl sites for hydroxylation is 2. The Morgan fingerprint density at radius 2 is 1.72 bits per heavy atom. The van der Waals surface area contributed by atoms with Crippen LogP contribution >= 0.6 is 0 Å². The molecule has 2 aliphatic rings. The molecule has 6 heteroatoms. The molecule has 2 aromatic rings. The van der Waals surface area contributed by atoms with Crippen LogP contribution in [0.15, 0.2) is 29.3 Å². The van der Waals surface area contributed by atoms with Crippen LogP contribution in [-0.2, 0) is 12.8 Å². The van der Waals surface area contributed by atoms with Crippen molar-refractivity contribution in [3.63, 3.8) is 0 Å². The molecule has 0 amide bonds. The molecular formula is C26H38N4O2. The molecule has 1 aliphatic carbocycles. The van der Waals surface area contributed by atoms with Crippen LogP contribution in [0.2, 0.25) is 0 Å². The third-order valence-electron chi connectivity index (χ3n) is 6.95. The molecule has 0 saturated heterocycles. The van der Waals surface area contributed by atoms with Gasteiger partial charge in [0.05, 0.1) is 26.3 Å². The highest BCUT2D eigenvalue weighted by Gasteiger charge is 2.31. The minimum atomic E-state index is 0.376. The van der Waals surface area contributed by atoms with Gasteiger partial charge in [0.25, 0.3) is 0 Å². The van der Waals surface area contributed by atoms with Crippen LogP contribution in [0, 0.1) is 5.92 Å². The Balaban J connectivity index is 1.38. The highest BCUT2D eigenvalue weighted by Crippen LogP contribution is 2.31. The van der Waals surface area contributed by atoms with Crippen molar-refractivity contribution in [1.29, 1.82) is 0 Å². The van der Waals surface area contributed by atoms with Crippen LogP contribution in [0.25, 0.3) is 0 Å². The average molecular weight is 439 g/mol. The molecule has 1 aromatic heterocycles. The van der Waals surface area contributed by atoms with Crippen molar-refractivity contribution < 1.29 is 9.47 Å². The van der Waals surface area contributed by atoms with Crippen molar-refractivity contribution in [1.82, 2.24) is 15.5 Å². The van der Waals surface area contributed by atoms with E-state index in [0.717, 1.165) is 53.9 Å². The fourth-order valence-electron chi connectivity index (χ4n) is 5.17. The van der Waals surface area contributed by atoms with Gasteiger partial charge in [-0.1, -0.05) is 45.4 Å². The topological polar surface area (TPSA) is 71.5 Å². The summed E-state index contributed by atoms with van der Waals surface area (Å²) < 4.78 is 10.8. The number of aromatic amines is 1. The van der Waals surface area contributed by atoms with Crippen LogP contribution in [0.3, 0.4) is 0 Å². The maximum atomic E-state index is 5.39. The predicted octanol–water partition coefficient (Wildman–Crippen LogP) is 5.07. The summed E-state index contributed by atoms with van der Waals surface area (Å²) in [6.07, 6.45) is 12.3. The SMILES string of the molecule is CCCC1N=C(c2cc(CCc3cc(OC)cc(OC)c3)[nH]n2)NC1CC1CCCCC1. The Labute approximate surface area is 192 Å². The third kappa shape index (κ3) is 5.64. The number of ether oxygens (including phenoxy) is 2. The number of hydrogen-bond acceptors (Lipinski definition) is 5. The lowest BCUT2D eigenvalue weighted by Gasteiger charge is -2.27. The Morgan fingerprint density at radius 1 is 0.969 bits per heavy atom. The highest BCUT2D eigenvalue weighted by molar-refractivity contribution is 5.98. The van der Waals surface area contributed by atoms with E-state index in [9.17, 15) is 0 Å². The summed E-state index contributed by atoms with van der Waals surface area (Å²) in [5.41, 5.74) is 3.24. The molecule has 174 valence electrons. The fourth-order valence-corrected chi connectivity index (χ4v) is 5.17. The second kappa shape index (κ2) is 10.9. The number of benzene rings is 1. The maximum Gasteiger partial charge on any atom is 0.149 e. The third-order valence-corrected chi connectivity index (χ3v) is 6.95. The number of rotatable bonds is 10. The lowest BCUT2D eigenvalue weighted by atomic mass is 9.83. The van der Waals surface area contributed by atoms with E-state index in [4.69, 9.17) is 14.5 Å². The van der Waals surface area contributed by atoms with Crippen LogP contribution in [0.5, 0.6) is 11.5 Å². The van der Waals surface area contributed by atoms with Crippen LogP contribution in [0.1, 0.15) is 75.2 Å². The quantitative estimate of drug-likeness (QED) is 0.543. The summed E-state index contributed by atoms with van der Waals surface area (Å²) in [5.74, 6) is 3.46. The largest absolute Gasteiger partial charge is 0.497 e. The summed E-state index contributed by atoms with van der Waals surface area (Å²) in [7, 11) is 3.37. The normalized spacial score (nSPS) is 21.3. The average Bonchev–Trinajstić information content (AvgIpc) is 3.45. The van der Waals surface area contributed by atoms with E-state index in [1.54, 1.807) is 14.2 Å². The number of amidine groups is 1. The zero-order valence-electron chi connectivity index (χ0n) is 19.8. The lowest BCUT2D eigenvalue weighted by molar-refractivity contribution is 0.296. The lowest BCUT2D eigenvalue weighted by Crippen LogP contribution is -2.37.